The van der Waals surface area contributed by atoms with Crippen LogP contribution in [0.5, 0.6) is 0 Å². The molecule has 0 bridgehead atoms. The van der Waals surface area contributed by atoms with Gasteiger partial charge in [-0.05, 0) is 23.8 Å². The molecule has 0 spiro atoms. The minimum atomic E-state index is -3.76. The molecule has 3 N–H and O–H groups in total. The van der Waals surface area contributed by atoms with Gasteiger partial charge in [-0.1, -0.05) is 35.5 Å². The topological polar surface area (TPSA) is 143 Å². The molecule has 0 unspecified atom stereocenters. The van der Waals surface area contributed by atoms with Crippen LogP contribution in [0.4, 0.5) is 30.6 Å². The van der Waals surface area contributed by atoms with Gasteiger partial charge in [-0.3, -0.25) is 0 Å². The summed E-state index contributed by atoms with van der Waals surface area (Å²) >= 11 is 0. The summed E-state index contributed by atoms with van der Waals surface area (Å²) in [5, 5.41) is 18.9. The molecule has 0 fully saturated rings. The summed E-state index contributed by atoms with van der Waals surface area (Å²) in [5.74, 6) is -2.07. The summed E-state index contributed by atoms with van der Waals surface area (Å²) in [6.07, 6.45) is -0.846. The Morgan fingerprint density at radius 2 is 1.86 bits per heavy atom. The van der Waals surface area contributed by atoms with E-state index in [1.807, 2.05) is 0 Å². The number of aliphatic hydroxyl groups is 1. The van der Waals surface area contributed by atoms with Crippen molar-refractivity contribution in [2.45, 2.75) is 17.4 Å². The van der Waals surface area contributed by atoms with E-state index in [1.165, 1.54) is 12.3 Å². The van der Waals surface area contributed by atoms with Crippen LogP contribution in [0.1, 0.15) is 23.9 Å². The maximum absolute atomic E-state index is 14.3. The first-order valence-corrected chi connectivity index (χ1v) is 12.2. The molecule has 4 rings (SSSR count). The Kier molecular flexibility index (Phi) is 7.17. The van der Waals surface area contributed by atoms with Crippen LogP contribution in [-0.2, 0) is 9.84 Å². The van der Waals surface area contributed by atoms with E-state index < -0.39 is 38.8 Å². The Morgan fingerprint density at radius 3 is 2.47 bits per heavy atom. The number of hydrogen-bond donors (Lipinski definition) is 3. The third-order valence-electron chi connectivity index (χ3n) is 4.94. The Bertz CT molecular complexity index is 1470. The van der Waals surface area contributed by atoms with Crippen molar-refractivity contribution in [1.82, 2.24) is 20.1 Å². The number of halogens is 3. The van der Waals surface area contributed by atoms with Crippen molar-refractivity contribution in [3.05, 3.63) is 71.9 Å². The summed E-state index contributed by atoms with van der Waals surface area (Å²) in [4.78, 5) is 11.6. The number of rotatable bonds is 9. The smallest absolute Gasteiger partial charge is 0.300 e. The van der Waals surface area contributed by atoms with Crippen LogP contribution in [-0.4, -0.2) is 46.5 Å². The number of aromatic nitrogens is 4. The van der Waals surface area contributed by atoms with E-state index in [-0.39, 0.29) is 35.5 Å². The highest BCUT2D eigenvalue weighted by Crippen LogP contribution is 2.31. The molecule has 2 aromatic carbocycles. The minimum Gasteiger partial charge on any atom is -0.394 e. The van der Waals surface area contributed by atoms with Gasteiger partial charge in [0.1, 0.15) is 22.1 Å². The summed E-state index contributed by atoms with van der Waals surface area (Å²) in [6, 6.07) is 11.6. The molecule has 0 amide bonds. The van der Waals surface area contributed by atoms with Crippen molar-refractivity contribution in [2.75, 3.05) is 23.5 Å². The second-order valence-electron chi connectivity index (χ2n) is 7.55. The van der Waals surface area contributed by atoms with Crippen molar-refractivity contribution in [2.24, 2.45) is 0 Å². The van der Waals surface area contributed by atoms with Crippen LogP contribution in [0.25, 0.3) is 11.5 Å². The zero-order valence-corrected chi connectivity index (χ0v) is 19.4. The molecule has 0 saturated carbocycles. The normalized spacial score (nSPS) is 12.5. The molecule has 0 aliphatic heterocycles. The summed E-state index contributed by atoms with van der Waals surface area (Å²) in [5.41, 5.74) is 0.933. The molecule has 10 nitrogen and oxygen atoms in total. The van der Waals surface area contributed by atoms with E-state index >= 15 is 0 Å². The van der Waals surface area contributed by atoms with Gasteiger partial charge in [0.05, 0.1) is 12.6 Å². The third-order valence-corrected chi connectivity index (χ3v) is 6.07. The number of anilines is 3. The summed E-state index contributed by atoms with van der Waals surface area (Å²) in [6.45, 7) is -0.347. The minimum absolute atomic E-state index is 0.0492. The van der Waals surface area contributed by atoms with Crippen LogP contribution in [0.2, 0.25) is 0 Å². The van der Waals surface area contributed by atoms with Crippen LogP contribution < -0.4 is 10.6 Å². The first-order chi connectivity index (χ1) is 17.2. The molecule has 2 heterocycles. The number of hydrogen-bond acceptors (Lipinski definition) is 10. The molecule has 188 valence electrons. The lowest BCUT2D eigenvalue weighted by atomic mass is 10.1. The number of nitrogens with one attached hydrogen (secondary N) is 2. The second kappa shape index (κ2) is 10.3. The number of aliphatic hydroxyl groups excluding tert-OH is 1. The molecule has 0 saturated heterocycles. The second-order valence-corrected chi connectivity index (χ2v) is 9.53. The fourth-order valence-electron chi connectivity index (χ4n) is 3.23. The van der Waals surface area contributed by atoms with Gasteiger partial charge >= 0.3 is 6.43 Å². The van der Waals surface area contributed by atoms with Crippen molar-refractivity contribution in [3.63, 3.8) is 0 Å². The molecular weight excluding hydrogens is 501 g/mol. The molecule has 36 heavy (non-hydrogen) atoms. The lowest BCUT2D eigenvalue weighted by Crippen LogP contribution is -2.17. The fourth-order valence-corrected chi connectivity index (χ4v) is 3.96. The van der Waals surface area contributed by atoms with E-state index in [9.17, 15) is 26.7 Å². The largest absolute Gasteiger partial charge is 0.394 e. The molecule has 4 aromatic rings. The van der Waals surface area contributed by atoms with Gasteiger partial charge < -0.3 is 20.3 Å². The Labute approximate surface area is 203 Å². The van der Waals surface area contributed by atoms with Gasteiger partial charge in [0.15, 0.2) is 9.84 Å². The Hall–Kier alpha value is -4.04. The first-order valence-electron chi connectivity index (χ1n) is 10.3. The first kappa shape index (κ1) is 25.1. The van der Waals surface area contributed by atoms with Gasteiger partial charge in [-0.25, -0.2) is 26.6 Å². The summed E-state index contributed by atoms with van der Waals surface area (Å²) < 4.78 is 68.5. The van der Waals surface area contributed by atoms with Gasteiger partial charge in [0.2, 0.25) is 11.8 Å². The van der Waals surface area contributed by atoms with Crippen molar-refractivity contribution in [1.29, 1.82) is 0 Å². The van der Waals surface area contributed by atoms with Gasteiger partial charge in [0.25, 0.3) is 5.89 Å². The van der Waals surface area contributed by atoms with E-state index in [2.05, 4.69) is 30.7 Å². The maximum atomic E-state index is 14.3. The third kappa shape index (κ3) is 5.60. The van der Waals surface area contributed by atoms with Crippen LogP contribution in [0.3, 0.4) is 0 Å². The highest BCUT2D eigenvalue weighted by molar-refractivity contribution is 7.90. The van der Waals surface area contributed by atoms with E-state index in [4.69, 9.17) is 4.52 Å². The molecule has 1 atom stereocenters. The molecule has 14 heteroatoms. The predicted octanol–water partition coefficient (Wildman–Crippen LogP) is 3.90. The van der Waals surface area contributed by atoms with Gasteiger partial charge in [-0.2, -0.15) is 9.97 Å². The maximum Gasteiger partial charge on any atom is 0.300 e. The fraction of sp³-hybridized carbons (Fsp3) is 0.182. The molecule has 0 radical (unpaired) electrons. The average molecular weight is 520 g/mol. The lowest BCUT2D eigenvalue weighted by molar-refractivity contribution is 0.136. The molecule has 0 aliphatic carbocycles. The SMILES string of the molecule is CS(=O)(=O)c1ccc(Nc2ncc(-c3nc(C(F)F)no3)c(N[C@H](CO)c3ccccc3)n2)cc1F. The van der Waals surface area contributed by atoms with E-state index in [0.29, 0.717) is 5.56 Å². The highest BCUT2D eigenvalue weighted by atomic mass is 32.2. The van der Waals surface area contributed by atoms with Crippen LogP contribution in [0.15, 0.2) is 64.1 Å². The standard InChI is InChI=1S/C22H19F3N6O4S/c1-36(33,34)17-8-7-13(9-15(17)23)27-22-26-10-14(21-29-20(18(24)25)31-35-21)19(30-22)28-16(11-32)12-5-3-2-4-6-12/h2-10,16,18,32H,11H2,1H3,(H2,26,27,28,30)/t16-/m1/s1. The Morgan fingerprint density at radius 1 is 1.11 bits per heavy atom. The number of sulfone groups is 1. The number of alkyl halides is 2. The molecule has 0 aliphatic rings. The monoisotopic (exact) mass is 520 g/mol. The zero-order chi connectivity index (χ0) is 25.9. The van der Waals surface area contributed by atoms with Crippen molar-refractivity contribution < 1.29 is 31.2 Å². The van der Waals surface area contributed by atoms with Gasteiger partial charge in [0, 0.05) is 18.1 Å². The van der Waals surface area contributed by atoms with E-state index in [1.54, 1.807) is 30.3 Å². The zero-order valence-electron chi connectivity index (χ0n) is 18.6. The average Bonchev–Trinajstić information content (AvgIpc) is 3.33. The van der Waals surface area contributed by atoms with Crippen LogP contribution >= 0.6 is 0 Å². The number of nitrogens with zero attached hydrogens (tertiary/aromatic N) is 4. The van der Waals surface area contributed by atoms with Crippen molar-refractivity contribution >= 4 is 27.3 Å². The predicted molar refractivity (Wildman–Crippen MR) is 123 cm³/mol. The van der Waals surface area contributed by atoms with E-state index in [0.717, 1.165) is 18.4 Å². The summed E-state index contributed by atoms with van der Waals surface area (Å²) in [7, 11) is -3.76. The quantitative estimate of drug-likeness (QED) is 0.297. The van der Waals surface area contributed by atoms with Crippen LogP contribution in [0, 0.1) is 5.82 Å². The van der Waals surface area contributed by atoms with Crippen molar-refractivity contribution in [3.8, 4) is 11.5 Å². The highest BCUT2D eigenvalue weighted by Gasteiger charge is 2.22. The molecular formula is C22H19F3N6O4S. The number of benzene rings is 2. The van der Waals surface area contributed by atoms with Gasteiger partial charge in [-0.15, -0.1) is 0 Å². The molecule has 2 aromatic heterocycles. The Balaban J connectivity index is 1.71. The lowest BCUT2D eigenvalue weighted by Gasteiger charge is -2.19.